The molecule has 5 rings (SSSR count). The first-order valence-electron chi connectivity index (χ1n) is 6.67. The van der Waals surface area contributed by atoms with E-state index in [4.69, 9.17) is 0 Å². The van der Waals surface area contributed by atoms with E-state index in [2.05, 4.69) is 87.7 Å². The van der Waals surface area contributed by atoms with Crippen molar-refractivity contribution in [2.45, 2.75) is 0 Å². The van der Waals surface area contributed by atoms with Crippen molar-refractivity contribution >= 4 is 60.7 Å². The summed E-state index contributed by atoms with van der Waals surface area (Å²) in [6, 6.07) is 22.0. The molecule has 0 aliphatic heterocycles. The van der Waals surface area contributed by atoms with Gasteiger partial charge >= 0.3 is 0 Å². The van der Waals surface area contributed by atoms with Crippen molar-refractivity contribution in [3.8, 4) is 0 Å². The minimum atomic E-state index is 1.28. The number of hydrogen-bond donors (Lipinski definition) is 0. The molecule has 0 spiro atoms. The Labute approximate surface area is 129 Å². The molecule has 2 aromatic heterocycles. The molecule has 0 saturated heterocycles. The highest BCUT2D eigenvalue weighted by molar-refractivity contribution is 14.1. The van der Waals surface area contributed by atoms with Crippen LogP contribution in [0.2, 0.25) is 0 Å². The molecule has 0 radical (unpaired) electrons. The van der Waals surface area contributed by atoms with E-state index in [1.807, 2.05) is 0 Å². The van der Waals surface area contributed by atoms with Crippen LogP contribution in [0, 0.1) is 3.57 Å². The Bertz CT molecular complexity index is 1100. The molecule has 0 aliphatic carbocycles. The second-order valence-corrected chi connectivity index (χ2v) is 6.46. The largest absolute Gasteiger partial charge is 0.308 e. The number of halogens is 1. The van der Waals surface area contributed by atoms with Gasteiger partial charge in [-0.3, -0.25) is 0 Å². The van der Waals surface area contributed by atoms with Crippen LogP contribution in [0.1, 0.15) is 0 Å². The summed E-state index contributed by atoms with van der Waals surface area (Å²) < 4.78 is 3.69. The molecule has 0 bridgehead atoms. The predicted octanol–water partition coefficient (Wildman–Crippen LogP) is 5.44. The monoisotopic (exact) mass is 367 g/mol. The van der Waals surface area contributed by atoms with Crippen LogP contribution in [-0.2, 0) is 0 Å². The van der Waals surface area contributed by atoms with Crippen molar-refractivity contribution < 1.29 is 0 Å². The summed E-state index contributed by atoms with van der Waals surface area (Å²) in [6.07, 6.45) is 0. The van der Waals surface area contributed by atoms with Crippen LogP contribution in [0.3, 0.4) is 0 Å². The Morgan fingerprint density at radius 1 is 0.650 bits per heavy atom. The van der Waals surface area contributed by atoms with Crippen LogP contribution in [-0.4, -0.2) is 4.40 Å². The summed E-state index contributed by atoms with van der Waals surface area (Å²) in [7, 11) is 0. The Hall–Kier alpha value is -1.81. The Morgan fingerprint density at radius 2 is 1.35 bits per heavy atom. The lowest BCUT2D eigenvalue weighted by Gasteiger charge is -1.97. The second kappa shape index (κ2) is 3.64. The van der Waals surface area contributed by atoms with Gasteiger partial charge < -0.3 is 4.40 Å². The molecule has 0 aliphatic rings. The SMILES string of the molecule is Ic1ccc2c3cccc4c5ccccc5n(c2c1)c43. The lowest BCUT2D eigenvalue weighted by Crippen LogP contribution is -1.80. The molecule has 94 valence electrons. The molecule has 2 heteroatoms. The lowest BCUT2D eigenvalue weighted by molar-refractivity contribution is 1.37. The van der Waals surface area contributed by atoms with Crippen LogP contribution in [0.4, 0.5) is 0 Å². The number of aromatic nitrogens is 1. The van der Waals surface area contributed by atoms with Gasteiger partial charge in [-0.05, 0) is 40.8 Å². The van der Waals surface area contributed by atoms with Gasteiger partial charge in [0, 0.05) is 25.1 Å². The summed E-state index contributed by atoms with van der Waals surface area (Å²) in [6.45, 7) is 0. The van der Waals surface area contributed by atoms with Gasteiger partial charge in [-0.2, -0.15) is 0 Å². The minimum absolute atomic E-state index is 1.28. The minimum Gasteiger partial charge on any atom is -0.308 e. The van der Waals surface area contributed by atoms with E-state index >= 15 is 0 Å². The highest BCUT2D eigenvalue weighted by atomic mass is 127. The molecule has 0 amide bonds. The normalized spacial score (nSPS) is 12.2. The van der Waals surface area contributed by atoms with Crippen molar-refractivity contribution in [2.75, 3.05) is 0 Å². The number of benzene rings is 3. The molecule has 2 heterocycles. The molecular weight excluding hydrogens is 357 g/mol. The average Bonchev–Trinajstić information content (AvgIpc) is 2.98. The summed E-state index contributed by atoms with van der Waals surface area (Å²) >= 11 is 2.39. The number of hydrogen-bond acceptors (Lipinski definition) is 0. The first-order chi connectivity index (χ1) is 9.84. The van der Waals surface area contributed by atoms with E-state index < -0.39 is 0 Å². The van der Waals surface area contributed by atoms with Crippen molar-refractivity contribution in [3.63, 3.8) is 0 Å². The quantitative estimate of drug-likeness (QED) is 0.321. The molecule has 0 atom stereocenters. The van der Waals surface area contributed by atoms with Gasteiger partial charge in [0.1, 0.15) is 0 Å². The molecule has 0 saturated carbocycles. The van der Waals surface area contributed by atoms with Gasteiger partial charge in [0.25, 0.3) is 0 Å². The summed E-state index contributed by atoms with van der Waals surface area (Å²) in [5, 5.41) is 5.39. The van der Waals surface area contributed by atoms with Gasteiger partial charge in [0.15, 0.2) is 0 Å². The smallest absolute Gasteiger partial charge is 0.0620 e. The maximum atomic E-state index is 2.41. The van der Waals surface area contributed by atoms with Crippen LogP contribution < -0.4 is 0 Å². The van der Waals surface area contributed by atoms with E-state index in [9.17, 15) is 0 Å². The van der Waals surface area contributed by atoms with E-state index in [0.717, 1.165) is 0 Å². The zero-order valence-electron chi connectivity index (χ0n) is 10.6. The van der Waals surface area contributed by atoms with E-state index in [1.54, 1.807) is 0 Å². The van der Waals surface area contributed by atoms with Crippen molar-refractivity contribution in [3.05, 3.63) is 64.2 Å². The van der Waals surface area contributed by atoms with Gasteiger partial charge in [0.05, 0.1) is 16.6 Å². The summed E-state index contributed by atoms with van der Waals surface area (Å²) in [5.41, 5.74) is 3.96. The van der Waals surface area contributed by atoms with Crippen LogP contribution >= 0.6 is 22.6 Å². The Kier molecular flexibility index (Phi) is 1.99. The highest BCUT2D eigenvalue weighted by Gasteiger charge is 2.16. The van der Waals surface area contributed by atoms with Gasteiger partial charge in [-0.15, -0.1) is 0 Å². The van der Waals surface area contributed by atoms with Crippen molar-refractivity contribution in [2.24, 2.45) is 0 Å². The van der Waals surface area contributed by atoms with Gasteiger partial charge in [0.2, 0.25) is 0 Å². The zero-order chi connectivity index (χ0) is 13.3. The number of nitrogens with zero attached hydrogens (tertiary/aromatic N) is 1. The first kappa shape index (κ1) is 10.9. The van der Waals surface area contributed by atoms with Crippen LogP contribution in [0.25, 0.3) is 38.1 Å². The third-order valence-corrected chi connectivity index (χ3v) is 4.86. The maximum Gasteiger partial charge on any atom is 0.0620 e. The average molecular weight is 367 g/mol. The van der Waals surface area contributed by atoms with Crippen LogP contribution in [0.15, 0.2) is 60.7 Å². The summed E-state index contributed by atoms with van der Waals surface area (Å²) in [4.78, 5) is 0. The Morgan fingerprint density at radius 3 is 2.20 bits per heavy atom. The third kappa shape index (κ3) is 1.18. The third-order valence-electron chi connectivity index (χ3n) is 4.19. The van der Waals surface area contributed by atoms with Crippen molar-refractivity contribution in [1.82, 2.24) is 4.40 Å². The molecule has 0 fully saturated rings. The number of para-hydroxylation sites is 2. The molecule has 3 aromatic carbocycles. The summed E-state index contributed by atoms with van der Waals surface area (Å²) in [5.74, 6) is 0. The maximum absolute atomic E-state index is 2.41. The van der Waals surface area contributed by atoms with Gasteiger partial charge in [-0.25, -0.2) is 0 Å². The molecule has 20 heavy (non-hydrogen) atoms. The fourth-order valence-electron chi connectivity index (χ4n) is 3.40. The van der Waals surface area contributed by atoms with Crippen LogP contribution in [0.5, 0.6) is 0 Å². The van der Waals surface area contributed by atoms with Gasteiger partial charge in [-0.1, -0.05) is 42.5 Å². The van der Waals surface area contributed by atoms with E-state index in [0.29, 0.717) is 0 Å². The Balaban J connectivity index is 2.28. The molecule has 5 aromatic rings. The topological polar surface area (TPSA) is 4.41 Å². The molecule has 0 N–H and O–H groups in total. The second-order valence-electron chi connectivity index (χ2n) is 5.22. The predicted molar refractivity (Wildman–Crippen MR) is 93.8 cm³/mol. The zero-order valence-corrected chi connectivity index (χ0v) is 12.8. The number of fused-ring (bicyclic) bond motifs is 6. The molecule has 1 nitrogen and oxygen atoms in total. The highest BCUT2D eigenvalue weighted by Crippen LogP contribution is 2.38. The fourth-order valence-corrected chi connectivity index (χ4v) is 3.88. The standard InChI is InChI=1S/C18H10IN/c19-11-8-9-13-15-6-3-5-14-12-4-1-2-7-16(12)20(18(14)15)17(13)10-11/h1-10H. The fraction of sp³-hybridized carbons (Fsp3) is 0. The van der Waals surface area contributed by atoms with Crippen molar-refractivity contribution in [1.29, 1.82) is 0 Å². The van der Waals surface area contributed by atoms with E-state index in [1.165, 1.54) is 41.7 Å². The number of rotatable bonds is 0. The molecular formula is C18H10IN. The first-order valence-corrected chi connectivity index (χ1v) is 7.75. The van der Waals surface area contributed by atoms with E-state index in [-0.39, 0.29) is 0 Å². The lowest BCUT2D eigenvalue weighted by atomic mass is 10.1. The molecule has 0 unspecified atom stereocenters.